The highest BCUT2D eigenvalue weighted by Crippen LogP contribution is 2.34. The van der Waals surface area contributed by atoms with Gasteiger partial charge in [-0.15, -0.1) is 0 Å². The van der Waals surface area contributed by atoms with E-state index in [1.807, 2.05) is 84.9 Å². The molecule has 0 spiro atoms. The van der Waals surface area contributed by atoms with Crippen LogP contribution in [-0.4, -0.2) is 11.0 Å². The van der Waals surface area contributed by atoms with Crippen LogP contribution in [0.25, 0.3) is 22.2 Å². The second kappa shape index (κ2) is 7.15. The Hall–Kier alpha value is -3.53. The van der Waals surface area contributed by atoms with E-state index in [9.17, 15) is 4.79 Å². The Morgan fingerprint density at radius 2 is 1.46 bits per heavy atom. The number of aromatic nitrogens is 1. The monoisotopic (exact) mass is 341 g/mol. The van der Waals surface area contributed by atoms with Gasteiger partial charge < -0.3 is 15.6 Å². The van der Waals surface area contributed by atoms with Crippen molar-refractivity contribution in [3.05, 3.63) is 90.5 Å². The molecule has 128 valence electrons. The summed E-state index contributed by atoms with van der Waals surface area (Å²) in [7, 11) is 0. The van der Waals surface area contributed by atoms with E-state index in [4.69, 9.17) is 0 Å². The van der Waals surface area contributed by atoms with Crippen molar-refractivity contribution in [2.75, 3.05) is 5.32 Å². The van der Waals surface area contributed by atoms with E-state index < -0.39 is 0 Å². The van der Waals surface area contributed by atoms with Gasteiger partial charge in [-0.3, -0.25) is 0 Å². The van der Waals surface area contributed by atoms with Crippen LogP contribution in [-0.2, 0) is 6.54 Å². The molecule has 4 heteroatoms. The van der Waals surface area contributed by atoms with Crippen LogP contribution in [0, 0.1) is 0 Å². The molecule has 2 amide bonds. The smallest absolute Gasteiger partial charge is 0.319 e. The molecule has 1 heterocycles. The van der Waals surface area contributed by atoms with E-state index in [1.165, 1.54) is 0 Å². The van der Waals surface area contributed by atoms with Gasteiger partial charge in [0.15, 0.2) is 0 Å². The number of para-hydroxylation sites is 1. The molecule has 1 aromatic heterocycles. The first-order valence-corrected chi connectivity index (χ1v) is 8.56. The third-order valence-electron chi connectivity index (χ3n) is 4.30. The SMILES string of the molecule is O=C(NCc1ccccc1)Nc1c(-c2ccccc2)[nH]c2ccccc12. The van der Waals surface area contributed by atoms with Gasteiger partial charge in [0.1, 0.15) is 0 Å². The first-order valence-electron chi connectivity index (χ1n) is 8.56. The van der Waals surface area contributed by atoms with Crippen LogP contribution in [0.3, 0.4) is 0 Å². The number of H-pyrrole nitrogens is 1. The lowest BCUT2D eigenvalue weighted by Crippen LogP contribution is -2.28. The fraction of sp³-hybridized carbons (Fsp3) is 0.0455. The molecule has 4 aromatic rings. The fourth-order valence-electron chi connectivity index (χ4n) is 3.03. The molecule has 0 bridgehead atoms. The number of anilines is 1. The van der Waals surface area contributed by atoms with Crippen molar-refractivity contribution in [3.8, 4) is 11.3 Å². The Kier molecular flexibility index (Phi) is 4.39. The molecule has 3 N–H and O–H groups in total. The second-order valence-corrected chi connectivity index (χ2v) is 6.08. The first kappa shape index (κ1) is 16.0. The van der Waals surface area contributed by atoms with E-state index >= 15 is 0 Å². The van der Waals surface area contributed by atoms with Crippen LogP contribution < -0.4 is 10.6 Å². The summed E-state index contributed by atoms with van der Waals surface area (Å²) < 4.78 is 0. The van der Waals surface area contributed by atoms with Crippen LogP contribution in [0.4, 0.5) is 10.5 Å². The number of amides is 2. The average molecular weight is 341 g/mol. The first-order chi connectivity index (χ1) is 12.8. The van der Waals surface area contributed by atoms with Crippen LogP contribution in [0.5, 0.6) is 0 Å². The van der Waals surface area contributed by atoms with Gasteiger partial charge in [-0.2, -0.15) is 0 Å². The molecule has 0 unspecified atom stereocenters. The van der Waals surface area contributed by atoms with Gasteiger partial charge in [0.25, 0.3) is 0 Å². The number of rotatable bonds is 4. The van der Waals surface area contributed by atoms with Crippen molar-refractivity contribution in [3.63, 3.8) is 0 Å². The number of hydrogen-bond donors (Lipinski definition) is 3. The summed E-state index contributed by atoms with van der Waals surface area (Å²) in [4.78, 5) is 15.9. The number of hydrogen-bond acceptors (Lipinski definition) is 1. The largest absolute Gasteiger partial charge is 0.353 e. The maximum atomic E-state index is 12.5. The zero-order valence-corrected chi connectivity index (χ0v) is 14.2. The van der Waals surface area contributed by atoms with Gasteiger partial charge in [-0.1, -0.05) is 78.9 Å². The summed E-state index contributed by atoms with van der Waals surface area (Å²) in [5, 5.41) is 6.92. The summed E-state index contributed by atoms with van der Waals surface area (Å²) >= 11 is 0. The van der Waals surface area contributed by atoms with Crippen molar-refractivity contribution < 1.29 is 4.79 Å². The molecule has 26 heavy (non-hydrogen) atoms. The molecule has 0 atom stereocenters. The number of nitrogens with one attached hydrogen (secondary N) is 3. The van der Waals surface area contributed by atoms with E-state index in [2.05, 4.69) is 15.6 Å². The zero-order valence-electron chi connectivity index (χ0n) is 14.2. The predicted octanol–water partition coefficient (Wildman–Crippen LogP) is 5.16. The lowest BCUT2D eigenvalue weighted by Gasteiger charge is -2.09. The number of urea groups is 1. The van der Waals surface area contributed by atoms with E-state index in [-0.39, 0.29) is 6.03 Å². The van der Waals surface area contributed by atoms with Gasteiger partial charge in [-0.05, 0) is 11.6 Å². The minimum absolute atomic E-state index is 0.226. The molecule has 0 aliphatic heterocycles. The van der Waals surface area contributed by atoms with Gasteiger partial charge in [0.2, 0.25) is 0 Å². The van der Waals surface area contributed by atoms with E-state index in [0.29, 0.717) is 6.54 Å². The quantitative estimate of drug-likeness (QED) is 0.472. The second-order valence-electron chi connectivity index (χ2n) is 6.08. The van der Waals surface area contributed by atoms with Gasteiger partial charge in [0, 0.05) is 23.0 Å². The Balaban J connectivity index is 1.61. The van der Waals surface area contributed by atoms with Crippen molar-refractivity contribution in [2.24, 2.45) is 0 Å². The summed E-state index contributed by atoms with van der Waals surface area (Å²) in [5.74, 6) is 0. The molecule has 0 fully saturated rings. The molecule has 3 aromatic carbocycles. The third kappa shape index (κ3) is 3.30. The topological polar surface area (TPSA) is 56.9 Å². The van der Waals surface area contributed by atoms with Crippen molar-refractivity contribution in [2.45, 2.75) is 6.54 Å². The number of carbonyl (C=O) groups is 1. The molecular weight excluding hydrogens is 322 g/mol. The van der Waals surface area contributed by atoms with Gasteiger partial charge in [0.05, 0.1) is 11.4 Å². The molecule has 4 rings (SSSR count). The number of benzene rings is 3. The van der Waals surface area contributed by atoms with E-state index in [1.54, 1.807) is 0 Å². The Morgan fingerprint density at radius 1 is 0.808 bits per heavy atom. The fourth-order valence-corrected chi connectivity index (χ4v) is 3.03. The highest BCUT2D eigenvalue weighted by molar-refractivity contribution is 6.07. The maximum Gasteiger partial charge on any atom is 0.319 e. The molecule has 0 aliphatic carbocycles. The number of fused-ring (bicyclic) bond motifs is 1. The van der Waals surface area contributed by atoms with Crippen LogP contribution >= 0.6 is 0 Å². The number of carbonyl (C=O) groups excluding carboxylic acids is 1. The van der Waals surface area contributed by atoms with Crippen molar-refractivity contribution >= 4 is 22.6 Å². The zero-order chi connectivity index (χ0) is 17.8. The molecule has 0 aliphatic rings. The normalized spacial score (nSPS) is 10.6. The molecule has 0 radical (unpaired) electrons. The highest BCUT2D eigenvalue weighted by Gasteiger charge is 2.15. The molecular formula is C22H19N3O. The maximum absolute atomic E-state index is 12.5. The van der Waals surface area contributed by atoms with Crippen LogP contribution in [0.2, 0.25) is 0 Å². The van der Waals surface area contributed by atoms with E-state index in [0.717, 1.165) is 33.4 Å². The minimum Gasteiger partial charge on any atom is -0.353 e. The predicted molar refractivity (Wildman–Crippen MR) is 106 cm³/mol. The highest BCUT2D eigenvalue weighted by atomic mass is 16.2. The van der Waals surface area contributed by atoms with Gasteiger partial charge in [-0.25, -0.2) is 4.79 Å². The standard InChI is InChI=1S/C22H19N3O/c26-22(23-15-16-9-3-1-4-10-16)25-21-18-13-7-8-14-19(18)24-20(21)17-11-5-2-6-12-17/h1-14,24H,15H2,(H2,23,25,26). The summed E-state index contributed by atoms with van der Waals surface area (Å²) in [6, 6.07) is 27.6. The summed E-state index contributed by atoms with van der Waals surface area (Å²) in [5.41, 5.74) is 4.77. The lowest BCUT2D eigenvalue weighted by molar-refractivity contribution is 0.252. The molecule has 0 saturated heterocycles. The Bertz CT molecular complexity index is 1020. The van der Waals surface area contributed by atoms with Crippen molar-refractivity contribution in [1.29, 1.82) is 0 Å². The lowest BCUT2D eigenvalue weighted by atomic mass is 10.1. The number of aromatic amines is 1. The average Bonchev–Trinajstić information content (AvgIpc) is 3.06. The third-order valence-corrected chi connectivity index (χ3v) is 4.30. The minimum atomic E-state index is -0.226. The molecule has 4 nitrogen and oxygen atoms in total. The molecule has 0 saturated carbocycles. The van der Waals surface area contributed by atoms with Crippen LogP contribution in [0.15, 0.2) is 84.9 Å². The van der Waals surface area contributed by atoms with Gasteiger partial charge >= 0.3 is 6.03 Å². The Morgan fingerprint density at radius 3 is 2.23 bits per heavy atom. The Labute approximate surface area is 151 Å². The van der Waals surface area contributed by atoms with Crippen LogP contribution in [0.1, 0.15) is 5.56 Å². The summed E-state index contributed by atoms with van der Waals surface area (Å²) in [6.45, 7) is 0.482. The summed E-state index contributed by atoms with van der Waals surface area (Å²) in [6.07, 6.45) is 0. The van der Waals surface area contributed by atoms with Crippen molar-refractivity contribution in [1.82, 2.24) is 10.3 Å².